The minimum atomic E-state index is -2.93. The molecule has 0 aliphatic rings. The number of rotatable bonds is 4. The predicted octanol–water partition coefficient (Wildman–Crippen LogP) is 3.29. The van der Waals surface area contributed by atoms with Gasteiger partial charge in [0.1, 0.15) is 5.75 Å². The average Bonchev–Trinajstić information content (AvgIpc) is 2.37. The number of hydrogen-bond acceptors (Lipinski definition) is 4. The number of hydrogen-bond donors (Lipinski definition) is 2. The largest absolute Gasteiger partial charge is 0.435 e. The van der Waals surface area contributed by atoms with E-state index < -0.39 is 24.1 Å². The van der Waals surface area contributed by atoms with Crippen LogP contribution in [0.15, 0.2) is 30.3 Å². The molecular weight excluding hydrogens is 278 g/mol. The Morgan fingerprint density at radius 2 is 1.75 bits per heavy atom. The van der Waals surface area contributed by atoms with Gasteiger partial charge in [0.25, 0.3) is 0 Å². The Hall–Kier alpha value is -2.51. The number of nitrogens with zero attached hydrogens (tertiary/aromatic N) is 1. The minimum absolute atomic E-state index is 0.0439. The molecule has 8 heteroatoms. The monoisotopic (exact) mass is 287 g/mol. The zero-order valence-corrected chi connectivity index (χ0v) is 9.91. The summed E-state index contributed by atoms with van der Waals surface area (Å²) in [7, 11) is 0. The first-order valence-electron chi connectivity index (χ1n) is 5.39. The zero-order chi connectivity index (χ0) is 14.7. The van der Waals surface area contributed by atoms with Crippen molar-refractivity contribution in [3.63, 3.8) is 0 Å². The molecule has 0 spiro atoms. The zero-order valence-electron chi connectivity index (χ0n) is 9.91. The van der Waals surface area contributed by atoms with E-state index in [4.69, 9.17) is 5.73 Å². The van der Waals surface area contributed by atoms with Gasteiger partial charge in [-0.3, -0.25) is 0 Å². The van der Waals surface area contributed by atoms with Gasteiger partial charge in [-0.1, -0.05) is 0 Å². The highest BCUT2D eigenvalue weighted by Crippen LogP contribution is 2.23. The molecule has 0 radical (unpaired) electrons. The molecule has 20 heavy (non-hydrogen) atoms. The SMILES string of the molecule is Nc1nc(Nc2ccc(OC(F)F)cc2)c(F)cc1F. The van der Waals surface area contributed by atoms with Crippen molar-refractivity contribution in [2.75, 3.05) is 11.1 Å². The van der Waals surface area contributed by atoms with E-state index in [2.05, 4.69) is 15.0 Å². The van der Waals surface area contributed by atoms with Crippen molar-refractivity contribution >= 4 is 17.3 Å². The maximum absolute atomic E-state index is 13.4. The van der Waals surface area contributed by atoms with Crippen LogP contribution in [-0.2, 0) is 0 Å². The molecule has 0 atom stereocenters. The van der Waals surface area contributed by atoms with Gasteiger partial charge in [-0.15, -0.1) is 0 Å². The lowest BCUT2D eigenvalue weighted by molar-refractivity contribution is -0.0498. The van der Waals surface area contributed by atoms with Gasteiger partial charge in [0.05, 0.1) is 0 Å². The van der Waals surface area contributed by atoms with Crippen molar-refractivity contribution in [2.45, 2.75) is 6.61 Å². The van der Waals surface area contributed by atoms with Crippen LogP contribution in [0.1, 0.15) is 0 Å². The number of alkyl halides is 2. The quantitative estimate of drug-likeness (QED) is 0.847. The van der Waals surface area contributed by atoms with Crippen LogP contribution in [0.2, 0.25) is 0 Å². The summed E-state index contributed by atoms with van der Waals surface area (Å²) in [5.74, 6) is -2.66. The fraction of sp³-hybridized carbons (Fsp3) is 0.0833. The van der Waals surface area contributed by atoms with Crippen LogP contribution >= 0.6 is 0 Å². The Balaban J connectivity index is 2.16. The normalized spacial score (nSPS) is 10.7. The average molecular weight is 287 g/mol. The lowest BCUT2D eigenvalue weighted by Gasteiger charge is -2.09. The molecule has 4 nitrogen and oxygen atoms in total. The molecule has 0 bridgehead atoms. The third-order valence-corrected chi connectivity index (χ3v) is 2.30. The molecule has 0 fully saturated rings. The summed E-state index contributed by atoms with van der Waals surface area (Å²) in [6.45, 7) is -2.93. The number of aromatic nitrogens is 1. The van der Waals surface area contributed by atoms with E-state index in [9.17, 15) is 17.6 Å². The molecule has 2 rings (SSSR count). The number of ether oxygens (including phenoxy) is 1. The number of nitrogens with two attached hydrogens (primary N) is 1. The van der Waals surface area contributed by atoms with Crippen LogP contribution in [-0.4, -0.2) is 11.6 Å². The lowest BCUT2D eigenvalue weighted by atomic mass is 10.3. The van der Waals surface area contributed by atoms with E-state index in [1.54, 1.807) is 0 Å². The topological polar surface area (TPSA) is 60.2 Å². The second-order valence-electron chi connectivity index (χ2n) is 3.71. The Bertz CT molecular complexity index is 604. The van der Waals surface area contributed by atoms with Crippen molar-refractivity contribution in [3.05, 3.63) is 42.0 Å². The first-order valence-corrected chi connectivity index (χ1v) is 5.39. The second-order valence-corrected chi connectivity index (χ2v) is 3.71. The molecule has 0 saturated heterocycles. The molecule has 106 valence electrons. The van der Waals surface area contributed by atoms with Crippen LogP contribution in [0.25, 0.3) is 0 Å². The molecule has 0 saturated carbocycles. The number of nitrogen functional groups attached to an aromatic ring is 1. The molecule has 1 heterocycles. The second kappa shape index (κ2) is 5.64. The van der Waals surface area contributed by atoms with E-state index >= 15 is 0 Å². The lowest BCUT2D eigenvalue weighted by Crippen LogP contribution is -2.04. The molecule has 0 amide bonds. The summed E-state index contributed by atoms with van der Waals surface area (Å²) in [6, 6.07) is 5.87. The maximum Gasteiger partial charge on any atom is 0.387 e. The summed E-state index contributed by atoms with van der Waals surface area (Å²) in [4.78, 5) is 3.50. The van der Waals surface area contributed by atoms with E-state index in [-0.39, 0.29) is 11.6 Å². The van der Waals surface area contributed by atoms with Gasteiger partial charge >= 0.3 is 6.61 Å². The standard InChI is InChI=1S/C12H9F4N3O/c13-8-5-9(14)11(19-10(8)17)18-6-1-3-7(4-2-6)20-12(15)16/h1-5,12H,(H3,17,18,19). The van der Waals surface area contributed by atoms with Crippen LogP contribution in [0.5, 0.6) is 5.75 Å². The summed E-state index contributed by atoms with van der Waals surface area (Å²) in [5.41, 5.74) is 5.58. The van der Waals surface area contributed by atoms with Gasteiger partial charge in [-0.2, -0.15) is 8.78 Å². The summed E-state index contributed by atoms with van der Waals surface area (Å²) in [5, 5.41) is 2.54. The number of pyridine rings is 1. The van der Waals surface area contributed by atoms with E-state index in [0.717, 1.165) is 0 Å². The molecule has 0 unspecified atom stereocenters. The van der Waals surface area contributed by atoms with Gasteiger partial charge < -0.3 is 15.8 Å². The molecule has 0 aliphatic carbocycles. The van der Waals surface area contributed by atoms with Gasteiger partial charge in [0.15, 0.2) is 23.3 Å². The maximum atomic E-state index is 13.4. The van der Waals surface area contributed by atoms with Crippen molar-refractivity contribution in [1.82, 2.24) is 4.98 Å². The van der Waals surface area contributed by atoms with Crippen molar-refractivity contribution < 1.29 is 22.3 Å². The Kier molecular flexibility index (Phi) is 3.92. The van der Waals surface area contributed by atoms with Crippen LogP contribution in [0.3, 0.4) is 0 Å². The fourth-order valence-electron chi connectivity index (χ4n) is 1.42. The van der Waals surface area contributed by atoms with Crippen molar-refractivity contribution in [2.24, 2.45) is 0 Å². The highest BCUT2D eigenvalue weighted by atomic mass is 19.3. The predicted molar refractivity (Wildman–Crippen MR) is 64.9 cm³/mol. The fourth-order valence-corrected chi connectivity index (χ4v) is 1.42. The molecule has 1 aromatic heterocycles. The summed E-state index contributed by atoms with van der Waals surface area (Å²) in [6.07, 6.45) is 0. The first kappa shape index (κ1) is 13.9. The smallest absolute Gasteiger partial charge is 0.387 e. The van der Waals surface area contributed by atoms with E-state index in [1.807, 2.05) is 0 Å². The number of benzene rings is 1. The van der Waals surface area contributed by atoms with Crippen LogP contribution in [0.4, 0.5) is 34.9 Å². The van der Waals surface area contributed by atoms with Crippen LogP contribution in [0, 0.1) is 11.6 Å². The highest BCUT2D eigenvalue weighted by molar-refractivity contribution is 5.59. The summed E-state index contributed by atoms with van der Waals surface area (Å²) < 4.78 is 54.4. The van der Waals surface area contributed by atoms with Crippen LogP contribution < -0.4 is 15.8 Å². The molecule has 3 N–H and O–H groups in total. The van der Waals surface area contributed by atoms with Gasteiger partial charge in [-0.05, 0) is 24.3 Å². The third kappa shape index (κ3) is 3.28. The highest BCUT2D eigenvalue weighted by Gasteiger charge is 2.10. The van der Waals surface area contributed by atoms with Gasteiger partial charge in [0.2, 0.25) is 0 Å². The Labute approximate surface area is 111 Å². The Morgan fingerprint density at radius 1 is 1.10 bits per heavy atom. The van der Waals surface area contributed by atoms with Gasteiger partial charge in [-0.25, -0.2) is 13.8 Å². The minimum Gasteiger partial charge on any atom is -0.435 e. The number of halogens is 4. The number of anilines is 3. The van der Waals surface area contributed by atoms with E-state index in [1.165, 1.54) is 24.3 Å². The molecule has 1 aromatic carbocycles. The Morgan fingerprint density at radius 3 is 2.35 bits per heavy atom. The summed E-state index contributed by atoms with van der Waals surface area (Å²) >= 11 is 0. The van der Waals surface area contributed by atoms with Gasteiger partial charge in [0, 0.05) is 11.8 Å². The molecule has 2 aromatic rings. The third-order valence-electron chi connectivity index (χ3n) is 2.30. The first-order chi connectivity index (χ1) is 9.45. The van der Waals surface area contributed by atoms with Crippen molar-refractivity contribution in [1.29, 1.82) is 0 Å². The van der Waals surface area contributed by atoms with Crippen molar-refractivity contribution in [3.8, 4) is 5.75 Å². The molecular formula is C12H9F4N3O. The van der Waals surface area contributed by atoms with E-state index in [0.29, 0.717) is 11.8 Å². The molecule has 0 aliphatic heterocycles. The number of nitrogens with one attached hydrogen (secondary N) is 1.